The number of hydrogen-bond acceptors (Lipinski definition) is 4. The summed E-state index contributed by atoms with van der Waals surface area (Å²) in [5.74, 6) is -0.0878. The van der Waals surface area contributed by atoms with Gasteiger partial charge in [-0.2, -0.15) is 0 Å². The summed E-state index contributed by atoms with van der Waals surface area (Å²) in [4.78, 5) is 14.2. The molecule has 6 heteroatoms. The molecule has 2 rings (SSSR count). The fraction of sp³-hybridized carbons (Fsp3) is 0.462. The predicted octanol–water partition coefficient (Wildman–Crippen LogP) is 0.951. The molecule has 0 saturated carbocycles. The Kier molecular flexibility index (Phi) is 3.91. The van der Waals surface area contributed by atoms with E-state index in [1.807, 2.05) is 6.92 Å². The summed E-state index contributed by atoms with van der Waals surface area (Å²) in [7, 11) is -3.22. The molecule has 0 aliphatic carbocycles. The highest BCUT2D eigenvalue weighted by molar-refractivity contribution is 7.90. The maximum atomic E-state index is 12.2. The first kappa shape index (κ1) is 14.0. The minimum atomic E-state index is -3.22. The second-order valence-electron chi connectivity index (χ2n) is 4.73. The third-order valence-corrected chi connectivity index (χ3v) is 4.19. The van der Waals surface area contributed by atoms with Gasteiger partial charge in [0.25, 0.3) is 5.91 Å². The van der Waals surface area contributed by atoms with Crippen molar-refractivity contribution in [3.05, 3.63) is 29.8 Å². The molecule has 0 bridgehead atoms. The fourth-order valence-electron chi connectivity index (χ4n) is 2.03. The summed E-state index contributed by atoms with van der Waals surface area (Å²) in [6.45, 7) is 3.59. The molecule has 5 nitrogen and oxygen atoms in total. The smallest absolute Gasteiger partial charge is 0.254 e. The first-order chi connectivity index (χ1) is 8.88. The van der Waals surface area contributed by atoms with Crippen molar-refractivity contribution in [3.63, 3.8) is 0 Å². The van der Waals surface area contributed by atoms with E-state index >= 15 is 0 Å². The van der Waals surface area contributed by atoms with Crippen molar-refractivity contribution in [1.82, 2.24) is 4.90 Å². The van der Waals surface area contributed by atoms with Crippen LogP contribution in [0.15, 0.2) is 29.2 Å². The van der Waals surface area contributed by atoms with Gasteiger partial charge < -0.3 is 9.64 Å². The molecule has 1 saturated heterocycles. The lowest BCUT2D eigenvalue weighted by atomic mass is 10.2. The lowest BCUT2D eigenvalue weighted by Crippen LogP contribution is -2.44. The molecule has 1 heterocycles. The summed E-state index contributed by atoms with van der Waals surface area (Å²) >= 11 is 0. The molecule has 0 unspecified atom stereocenters. The summed E-state index contributed by atoms with van der Waals surface area (Å²) in [6.07, 6.45) is 1.18. The van der Waals surface area contributed by atoms with Crippen molar-refractivity contribution in [1.29, 1.82) is 0 Å². The number of amides is 1. The van der Waals surface area contributed by atoms with E-state index in [1.54, 1.807) is 17.0 Å². The van der Waals surface area contributed by atoms with Crippen LogP contribution in [0, 0.1) is 0 Å². The van der Waals surface area contributed by atoms with E-state index in [0.29, 0.717) is 25.3 Å². The van der Waals surface area contributed by atoms with Gasteiger partial charge in [0.2, 0.25) is 0 Å². The van der Waals surface area contributed by atoms with Crippen LogP contribution < -0.4 is 0 Å². The third kappa shape index (κ3) is 3.33. The van der Waals surface area contributed by atoms with E-state index in [0.717, 1.165) is 6.26 Å². The third-order valence-electron chi connectivity index (χ3n) is 3.06. The molecule has 1 fully saturated rings. The number of nitrogens with zero attached hydrogens (tertiary/aromatic N) is 1. The Hall–Kier alpha value is -1.40. The SMILES string of the molecule is C[C@@H]1CN(C(=O)c2ccc(S(C)(=O)=O)cc2)CCO1. The Labute approximate surface area is 113 Å². The summed E-state index contributed by atoms with van der Waals surface area (Å²) < 4.78 is 28.1. The number of carbonyl (C=O) groups excluding carboxylic acids is 1. The van der Waals surface area contributed by atoms with Crippen molar-refractivity contribution >= 4 is 15.7 Å². The van der Waals surface area contributed by atoms with Crippen LogP contribution >= 0.6 is 0 Å². The molecule has 104 valence electrons. The average Bonchev–Trinajstić information content (AvgIpc) is 2.37. The van der Waals surface area contributed by atoms with Crippen molar-refractivity contribution in [2.75, 3.05) is 26.0 Å². The number of sulfone groups is 1. The van der Waals surface area contributed by atoms with Gasteiger partial charge >= 0.3 is 0 Å². The molecule has 0 aromatic heterocycles. The van der Waals surface area contributed by atoms with Crippen molar-refractivity contribution in [2.24, 2.45) is 0 Å². The lowest BCUT2D eigenvalue weighted by molar-refractivity contribution is -0.0124. The van der Waals surface area contributed by atoms with Gasteiger partial charge in [0.1, 0.15) is 0 Å². The molecule has 1 atom stereocenters. The molecule has 1 aliphatic rings. The van der Waals surface area contributed by atoms with Crippen molar-refractivity contribution in [2.45, 2.75) is 17.9 Å². The number of ether oxygens (including phenoxy) is 1. The monoisotopic (exact) mass is 283 g/mol. The number of rotatable bonds is 2. The molecule has 1 aliphatic heterocycles. The van der Waals surface area contributed by atoms with E-state index < -0.39 is 9.84 Å². The zero-order valence-corrected chi connectivity index (χ0v) is 11.8. The fourth-order valence-corrected chi connectivity index (χ4v) is 2.66. The molecular weight excluding hydrogens is 266 g/mol. The average molecular weight is 283 g/mol. The second-order valence-corrected chi connectivity index (χ2v) is 6.74. The van der Waals surface area contributed by atoms with Gasteiger partial charge in [-0.3, -0.25) is 4.79 Å². The Morgan fingerprint density at radius 3 is 2.47 bits per heavy atom. The van der Waals surface area contributed by atoms with Crippen molar-refractivity contribution in [3.8, 4) is 0 Å². The van der Waals surface area contributed by atoms with Crippen LogP contribution in [0.5, 0.6) is 0 Å². The maximum Gasteiger partial charge on any atom is 0.254 e. The first-order valence-electron chi connectivity index (χ1n) is 6.09. The Balaban J connectivity index is 2.16. The van der Waals surface area contributed by atoms with Crippen LogP contribution in [0.3, 0.4) is 0 Å². The number of hydrogen-bond donors (Lipinski definition) is 0. The van der Waals surface area contributed by atoms with Gasteiger partial charge in [0.15, 0.2) is 9.84 Å². The number of benzene rings is 1. The summed E-state index contributed by atoms with van der Waals surface area (Å²) in [6, 6.07) is 6.04. The Bertz CT molecular complexity index is 565. The van der Waals surface area contributed by atoms with E-state index in [1.165, 1.54) is 12.1 Å². The highest BCUT2D eigenvalue weighted by atomic mass is 32.2. The Morgan fingerprint density at radius 2 is 1.95 bits per heavy atom. The zero-order valence-electron chi connectivity index (χ0n) is 11.0. The second kappa shape index (κ2) is 5.30. The molecule has 0 spiro atoms. The van der Waals surface area contributed by atoms with Crippen LogP contribution in [0.25, 0.3) is 0 Å². The van der Waals surface area contributed by atoms with E-state index in [2.05, 4.69) is 0 Å². The number of morpholine rings is 1. The maximum absolute atomic E-state index is 12.2. The van der Waals surface area contributed by atoms with Crippen LogP contribution in [-0.4, -0.2) is 51.3 Å². The van der Waals surface area contributed by atoms with Crippen LogP contribution in [0.1, 0.15) is 17.3 Å². The van der Waals surface area contributed by atoms with E-state index in [9.17, 15) is 13.2 Å². The molecule has 1 aromatic carbocycles. The summed E-state index contributed by atoms with van der Waals surface area (Å²) in [5.41, 5.74) is 0.501. The standard InChI is InChI=1S/C13H17NO4S/c1-10-9-14(7-8-18-10)13(15)11-3-5-12(6-4-11)19(2,16)17/h3-6,10H,7-9H2,1-2H3/t10-/m1/s1. The predicted molar refractivity (Wildman–Crippen MR) is 70.9 cm³/mol. The molecule has 1 aromatic rings. The highest BCUT2D eigenvalue weighted by Gasteiger charge is 2.22. The largest absolute Gasteiger partial charge is 0.375 e. The zero-order chi connectivity index (χ0) is 14.0. The molecule has 1 amide bonds. The van der Waals surface area contributed by atoms with Gasteiger partial charge in [0.05, 0.1) is 17.6 Å². The van der Waals surface area contributed by atoms with Gasteiger partial charge in [-0.05, 0) is 31.2 Å². The molecule has 19 heavy (non-hydrogen) atoms. The molecule has 0 N–H and O–H groups in total. The highest BCUT2D eigenvalue weighted by Crippen LogP contribution is 2.14. The molecular formula is C13H17NO4S. The topological polar surface area (TPSA) is 63.7 Å². The van der Waals surface area contributed by atoms with Gasteiger partial charge in [-0.1, -0.05) is 0 Å². The van der Waals surface area contributed by atoms with Crippen molar-refractivity contribution < 1.29 is 17.9 Å². The van der Waals surface area contributed by atoms with Gasteiger partial charge in [-0.25, -0.2) is 8.42 Å². The minimum Gasteiger partial charge on any atom is -0.375 e. The van der Waals surface area contributed by atoms with Crippen LogP contribution in [-0.2, 0) is 14.6 Å². The Morgan fingerprint density at radius 1 is 1.32 bits per heavy atom. The van der Waals surface area contributed by atoms with Crippen LogP contribution in [0.2, 0.25) is 0 Å². The van der Waals surface area contributed by atoms with E-state index in [-0.39, 0.29) is 16.9 Å². The molecule has 0 radical (unpaired) electrons. The lowest BCUT2D eigenvalue weighted by Gasteiger charge is -2.31. The minimum absolute atomic E-state index is 0.0352. The van der Waals surface area contributed by atoms with Gasteiger partial charge in [-0.15, -0.1) is 0 Å². The normalized spacial score (nSPS) is 20.3. The van der Waals surface area contributed by atoms with Crippen LogP contribution in [0.4, 0.5) is 0 Å². The summed E-state index contributed by atoms with van der Waals surface area (Å²) in [5, 5.41) is 0. The number of carbonyl (C=O) groups is 1. The van der Waals surface area contributed by atoms with E-state index in [4.69, 9.17) is 4.74 Å². The quantitative estimate of drug-likeness (QED) is 0.810. The van der Waals surface area contributed by atoms with Gasteiger partial charge in [0, 0.05) is 24.9 Å². The first-order valence-corrected chi connectivity index (χ1v) is 7.98.